The van der Waals surface area contributed by atoms with E-state index in [1.807, 2.05) is 35.8 Å². The quantitative estimate of drug-likeness (QED) is 0.860. The Morgan fingerprint density at radius 2 is 2.30 bits per heavy atom. The summed E-state index contributed by atoms with van der Waals surface area (Å²) in [7, 11) is 4.05. The average molecular weight is 336 g/mol. The summed E-state index contributed by atoms with van der Waals surface area (Å²) in [5.74, 6) is 2.68. The van der Waals surface area contributed by atoms with Gasteiger partial charge in [0.1, 0.15) is 0 Å². The van der Waals surface area contributed by atoms with Crippen LogP contribution in [0.3, 0.4) is 0 Å². The fourth-order valence-electron chi connectivity index (χ4n) is 3.07. The summed E-state index contributed by atoms with van der Waals surface area (Å²) in [6, 6.07) is 8.14. The lowest BCUT2D eigenvalue weighted by molar-refractivity contribution is 0.170. The molecule has 2 rings (SSSR count). The molecule has 0 radical (unpaired) electrons. The number of piperidine rings is 1. The van der Waals surface area contributed by atoms with Crippen LogP contribution < -0.4 is 5.32 Å². The Bertz CT molecular complexity index is 509. The summed E-state index contributed by atoms with van der Waals surface area (Å²) in [6.45, 7) is 5.24. The summed E-state index contributed by atoms with van der Waals surface area (Å²) in [4.78, 5) is 16.6. The molecule has 1 saturated heterocycles. The molecule has 1 fully saturated rings. The van der Waals surface area contributed by atoms with Crippen LogP contribution in [0.25, 0.3) is 0 Å². The topological polar surface area (TPSA) is 35.6 Å². The summed E-state index contributed by atoms with van der Waals surface area (Å²) in [5.41, 5.74) is 2.14. The molecule has 1 aromatic carbocycles. The maximum Gasteiger partial charge on any atom is 0.321 e. The highest BCUT2D eigenvalue weighted by atomic mass is 32.2. The molecular weight excluding hydrogens is 306 g/mol. The monoisotopic (exact) mass is 335 g/mol. The highest BCUT2D eigenvalue weighted by Gasteiger charge is 2.20. The Hall–Kier alpha value is -1.20. The third kappa shape index (κ3) is 6.07. The highest BCUT2D eigenvalue weighted by Crippen LogP contribution is 2.18. The van der Waals surface area contributed by atoms with Gasteiger partial charge in [-0.15, -0.1) is 0 Å². The number of rotatable bonds is 6. The predicted octanol–water partition coefficient (Wildman–Crippen LogP) is 3.75. The van der Waals surface area contributed by atoms with Crippen molar-refractivity contribution in [3.05, 3.63) is 29.8 Å². The van der Waals surface area contributed by atoms with E-state index >= 15 is 0 Å². The van der Waals surface area contributed by atoms with Crippen LogP contribution >= 0.6 is 11.8 Å². The summed E-state index contributed by atoms with van der Waals surface area (Å²) in [6.07, 6.45) is 2.44. The Morgan fingerprint density at radius 3 is 3.04 bits per heavy atom. The van der Waals surface area contributed by atoms with Crippen LogP contribution in [0.1, 0.15) is 25.3 Å². The molecule has 0 spiro atoms. The van der Waals surface area contributed by atoms with Crippen LogP contribution in [0.4, 0.5) is 10.5 Å². The van der Waals surface area contributed by atoms with Gasteiger partial charge in [0.05, 0.1) is 0 Å². The smallest absolute Gasteiger partial charge is 0.321 e. The minimum absolute atomic E-state index is 0.0153. The van der Waals surface area contributed by atoms with Crippen LogP contribution in [0.15, 0.2) is 24.3 Å². The van der Waals surface area contributed by atoms with Crippen LogP contribution in [0.2, 0.25) is 0 Å². The first-order valence-electron chi connectivity index (χ1n) is 8.45. The first-order valence-corrected chi connectivity index (χ1v) is 9.61. The normalized spacial score (nSPS) is 18.7. The lowest BCUT2D eigenvalue weighted by Gasteiger charge is -2.32. The molecule has 1 aromatic rings. The van der Waals surface area contributed by atoms with E-state index in [0.717, 1.165) is 30.3 Å². The number of nitrogens with zero attached hydrogens (tertiary/aromatic N) is 2. The number of hydrogen-bond acceptors (Lipinski definition) is 3. The van der Waals surface area contributed by atoms with Crippen molar-refractivity contribution >= 4 is 23.5 Å². The number of amides is 2. The largest absolute Gasteiger partial charge is 0.327 e. The molecule has 1 aliphatic rings. The Balaban J connectivity index is 1.85. The molecule has 0 bridgehead atoms. The van der Waals surface area contributed by atoms with Gasteiger partial charge in [-0.05, 0) is 55.8 Å². The summed E-state index contributed by atoms with van der Waals surface area (Å²) < 4.78 is 0. The van der Waals surface area contributed by atoms with Crippen LogP contribution in [-0.2, 0) is 5.75 Å². The summed E-state index contributed by atoms with van der Waals surface area (Å²) >= 11 is 1.89. The van der Waals surface area contributed by atoms with Gasteiger partial charge in [0.25, 0.3) is 0 Å². The van der Waals surface area contributed by atoms with E-state index in [1.165, 1.54) is 24.9 Å². The van der Waals surface area contributed by atoms with E-state index < -0.39 is 0 Å². The van der Waals surface area contributed by atoms with Crippen molar-refractivity contribution in [1.29, 1.82) is 0 Å². The molecule has 0 aliphatic carbocycles. The van der Waals surface area contributed by atoms with Crippen LogP contribution in [-0.4, -0.2) is 55.3 Å². The predicted molar refractivity (Wildman–Crippen MR) is 100 cm³/mol. The van der Waals surface area contributed by atoms with Crippen molar-refractivity contribution in [1.82, 2.24) is 9.80 Å². The van der Waals surface area contributed by atoms with Gasteiger partial charge < -0.3 is 15.1 Å². The maximum atomic E-state index is 12.4. The van der Waals surface area contributed by atoms with Crippen LogP contribution in [0, 0.1) is 5.92 Å². The van der Waals surface area contributed by atoms with E-state index in [4.69, 9.17) is 0 Å². The zero-order chi connectivity index (χ0) is 16.7. The molecule has 1 N–H and O–H groups in total. The number of likely N-dealkylation sites (tertiary alicyclic amines) is 1. The highest BCUT2D eigenvalue weighted by molar-refractivity contribution is 7.98. The van der Waals surface area contributed by atoms with Gasteiger partial charge in [-0.2, -0.15) is 11.8 Å². The maximum absolute atomic E-state index is 12.4. The van der Waals surface area contributed by atoms with Gasteiger partial charge in [-0.3, -0.25) is 0 Å². The van der Waals surface area contributed by atoms with Crippen LogP contribution in [0.5, 0.6) is 0 Å². The van der Waals surface area contributed by atoms with E-state index in [9.17, 15) is 4.79 Å². The lowest BCUT2D eigenvalue weighted by atomic mass is 9.98. The summed E-state index contributed by atoms with van der Waals surface area (Å²) in [5, 5.41) is 3.02. The molecule has 0 saturated carbocycles. The van der Waals surface area contributed by atoms with Crippen molar-refractivity contribution in [3.8, 4) is 0 Å². The molecule has 5 heteroatoms. The third-order valence-corrected chi connectivity index (χ3v) is 5.20. The Labute approximate surface area is 144 Å². The fraction of sp³-hybridized carbons (Fsp3) is 0.611. The second-order valence-electron chi connectivity index (χ2n) is 6.42. The van der Waals surface area contributed by atoms with Gasteiger partial charge >= 0.3 is 6.03 Å². The zero-order valence-corrected chi connectivity index (χ0v) is 15.4. The average Bonchev–Trinajstić information content (AvgIpc) is 2.53. The number of nitrogens with one attached hydrogen (secondary N) is 1. The lowest BCUT2D eigenvalue weighted by Crippen LogP contribution is -2.41. The van der Waals surface area contributed by atoms with Gasteiger partial charge in [-0.1, -0.05) is 19.1 Å². The number of benzene rings is 1. The van der Waals surface area contributed by atoms with Gasteiger partial charge in [-0.25, -0.2) is 4.79 Å². The van der Waals surface area contributed by atoms with Crippen molar-refractivity contribution in [3.63, 3.8) is 0 Å². The molecule has 4 nitrogen and oxygen atoms in total. The molecule has 1 heterocycles. The van der Waals surface area contributed by atoms with Gasteiger partial charge in [0.15, 0.2) is 0 Å². The molecular formula is C18H29N3OS. The van der Waals surface area contributed by atoms with Crippen molar-refractivity contribution < 1.29 is 4.79 Å². The van der Waals surface area contributed by atoms with E-state index in [2.05, 4.69) is 36.3 Å². The molecule has 23 heavy (non-hydrogen) atoms. The minimum atomic E-state index is -0.0153. The standard InChI is InChI=1S/C18H29N3OS/c1-4-23-14-15-7-5-9-17(11-15)19-18(22)21(3)13-16-8-6-10-20(2)12-16/h5,7,9,11,16H,4,6,8,10,12-14H2,1-3H3,(H,19,22). The Morgan fingerprint density at radius 1 is 1.48 bits per heavy atom. The van der Waals surface area contributed by atoms with E-state index in [1.54, 1.807) is 0 Å². The number of carbonyl (C=O) groups is 1. The fourth-order valence-corrected chi connectivity index (χ4v) is 3.69. The molecule has 2 amide bonds. The minimum Gasteiger partial charge on any atom is -0.327 e. The van der Waals surface area contributed by atoms with Gasteiger partial charge in [0, 0.05) is 31.6 Å². The second kappa shape index (κ2) is 9.18. The zero-order valence-electron chi connectivity index (χ0n) is 14.5. The molecule has 1 atom stereocenters. The molecule has 128 valence electrons. The van der Waals surface area contributed by atoms with Crippen molar-refractivity contribution in [2.75, 3.05) is 44.8 Å². The second-order valence-corrected chi connectivity index (χ2v) is 7.69. The van der Waals surface area contributed by atoms with E-state index in [-0.39, 0.29) is 6.03 Å². The number of urea groups is 1. The third-order valence-electron chi connectivity index (χ3n) is 4.25. The first-order chi connectivity index (χ1) is 11.1. The van der Waals surface area contributed by atoms with Crippen molar-refractivity contribution in [2.24, 2.45) is 5.92 Å². The van der Waals surface area contributed by atoms with Gasteiger partial charge in [0.2, 0.25) is 0 Å². The molecule has 0 aromatic heterocycles. The SMILES string of the molecule is CCSCc1cccc(NC(=O)N(C)CC2CCCN(C)C2)c1. The van der Waals surface area contributed by atoms with E-state index in [0.29, 0.717) is 5.92 Å². The number of anilines is 1. The van der Waals surface area contributed by atoms with Crippen molar-refractivity contribution in [2.45, 2.75) is 25.5 Å². The number of thioether (sulfide) groups is 1. The molecule has 1 unspecified atom stereocenters. The number of hydrogen-bond donors (Lipinski definition) is 1. The molecule has 1 aliphatic heterocycles. The Kier molecular flexibility index (Phi) is 7.24. The first kappa shape index (κ1) is 18.1. The number of carbonyl (C=O) groups excluding carboxylic acids is 1.